The third kappa shape index (κ3) is 1.46. The highest BCUT2D eigenvalue weighted by Gasteiger charge is 2.12. The Morgan fingerprint density at radius 2 is 1.88 bits per heavy atom. The molecule has 0 spiro atoms. The minimum absolute atomic E-state index is 0. The third-order valence-corrected chi connectivity index (χ3v) is 2.98. The van der Waals surface area contributed by atoms with E-state index >= 15 is 0 Å². The van der Waals surface area contributed by atoms with Gasteiger partial charge in [0.1, 0.15) is 6.26 Å². The van der Waals surface area contributed by atoms with Crippen LogP contribution < -0.4 is 0 Å². The summed E-state index contributed by atoms with van der Waals surface area (Å²) in [4.78, 5) is 4.32. The van der Waals surface area contributed by atoms with E-state index in [0.29, 0.717) is 21.1 Å². The van der Waals surface area contributed by atoms with Crippen molar-refractivity contribution in [1.29, 1.82) is 0 Å². The van der Waals surface area contributed by atoms with Crippen LogP contribution in [0.2, 0.25) is 10.0 Å². The molecule has 0 aliphatic heterocycles. The molecule has 2 aromatic heterocycles. The van der Waals surface area contributed by atoms with Crippen molar-refractivity contribution in [2.75, 3.05) is 0 Å². The summed E-state index contributed by atoms with van der Waals surface area (Å²) in [6, 6.07) is 7.61. The summed E-state index contributed by atoms with van der Waals surface area (Å²) in [6.45, 7) is 0. The van der Waals surface area contributed by atoms with Gasteiger partial charge in [-0.3, -0.25) is 0 Å². The molecule has 1 aromatic carbocycles. The largest absolute Gasteiger partial charge is 0.444 e. The average molecular weight is 254 g/mol. The van der Waals surface area contributed by atoms with E-state index in [1.807, 2.05) is 24.3 Å². The van der Waals surface area contributed by atoms with Crippen LogP contribution in [-0.2, 0) is 0 Å². The van der Waals surface area contributed by atoms with E-state index in [9.17, 15) is 0 Å². The van der Waals surface area contributed by atoms with Crippen molar-refractivity contribution < 1.29 is 4.42 Å². The van der Waals surface area contributed by atoms with Crippen LogP contribution in [-0.4, -0.2) is 4.98 Å². The fraction of sp³-hybridized carbons (Fsp3) is 0.0833. The molecule has 3 rings (SSSR count). The molecule has 2 nitrogen and oxygen atoms in total. The minimum Gasteiger partial charge on any atom is -0.444 e. The SMILES string of the molecule is C.Clc1coc2nc3ccccc3c(Cl)c12. The number of pyridine rings is 1. The fourth-order valence-electron chi connectivity index (χ4n) is 1.61. The zero-order valence-electron chi connectivity index (χ0n) is 7.50. The summed E-state index contributed by atoms with van der Waals surface area (Å²) in [5, 5.41) is 2.65. The molecule has 2 heterocycles. The Kier molecular flexibility index (Phi) is 2.78. The lowest BCUT2D eigenvalue weighted by Gasteiger charge is -2.00. The number of furan rings is 1. The van der Waals surface area contributed by atoms with Gasteiger partial charge < -0.3 is 4.42 Å². The monoisotopic (exact) mass is 253 g/mol. The molecular formula is C12H9Cl2NO. The van der Waals surface area contributed by atoms with Crippen LogP contribution in [0.25, 0.3) is 22.0 Å². The Labute approximate surface area is 103 Å². The second-order valence-corrected chi connectivity index (χ2v) is 3.99. The highest BCUT2D eigenvalue weighted by Crippen LogP contribution is 2.35. The maximum atomic E-state index is 6.24. The highest BCUT2D eigenvalue weighted by molar-refractivity contribution is 6.44. The van der Waals surface area contributed by atoms with Crippen LogP contribution >= 0.6 is 23.2 Å². The lowest BCUT2D eigenvalue weighted by molar-refractivity contribution is 0.605. The average Bonchev–Trinajstić information content (AvgIpc) is 2.61. The second kappa shape index (κ2) is 3.96. The smallest absolute Gasteiger partial charge is 0.229 e. The van der Waals surface area contributed by atoms with Crippen molar-refractivity contribution >= 4 is 45.2 Å². The van der Waals surface area contributed by atoms with Crippen LogP contribution in [0.4, 0.5) is 0 Å². The quantitative estimate of drug-likeness (QED) is 0.568. The first-order chi connectivity index (χ1) is 7.27. The van der Waals surface area contributed by atoms with E-state index in [1.165, 1.54) is 6.26 Å². The van der Waals surface area contributed by atoms with Crippen molar-refractivity contribution in [3.8, 4) is 0 Å². The summed E-state index contributed by atoms with van der Waals surface area (Å²) in [5.74, 6) is 0. The van der Waals surface area contributed by atoms with Crippen LogP contribution in [0.1, 0.15) is 7.43 Å². The number of benzene rings is 1. The maximum Gasteiger partial charge on any atom is 0.229 e. The molecule has 0 saturated carbocycles. The summed E-state index contributed by atoms with van der Waals surface area (Å²) in [5.41, 5.74) is 1.28. The summed E-state index contributed by atoms with van der Waals surface area (Å²) < 4.78 is 5.21. The van der Waals surface area contributed by atoms with E-state index in [0.717, 1.165) is 10.9 Å². The van der Waals surface area contributed by atoms with Gasteiger partial charge in [0.05, 0.1) is 20.9 Å². The van der Waals surface area contributed by atoms with Crippen molar-refractivity contribution in [3.63, 3.8) is 0 Å². The molecule has 0 aliphatic carbocycles. The predicted molar refractivity (Wildman–Crippen MR) is 68.3 cm³/mol. The van der Waals surface area contributed by atoms with Gasteiger partial charge in [0.2, 0.25) is 5.71 Å². The normalized spacial score (nSPS) is 10.6. The van der Waals surface area contributed by atoms with E-state index in [2.05, 4.69) is 4.98 Å². The summed E-state index contributed by atoms with van der Waals surface area (Å²) >= 11 is 12.2. The lowest BCUT2D eigenvalue weighted by atomic mass is 10.2. The van der Waals surface area contributed by atoms with Gasteiger partial charge in [0, 0.05) is 5.39 Å². The van der Waals surface area contributed by atoms with Gasteiger partial charge in [-0.05, 0) is 6.07 Å². The molecule has 0 saturated heterocycles. The number of rotatable bonds is 0. The van der Waals surface area contributed by atoms with E-state index in [-0.39, 0.29) is 7.43 Å². The van der Waals surface area contributed by atoms with Gasteiger partial charge in [-0.2, -0.15) is 0 Å². The molecule has 0 radical (unpaired) electrons. The Balaban J connectivity index is 0.000000963. The van der Waals surface area contributed by atoms with Crippen molar-refractivity contribution in [2.45, 2.75) is 7.43 Å². The highest BCUT2D eigenvalue weighted by atomic mass is 35.5. The van der Waals surface area contributed by atoms with Crippen LogP contribution in [0.5, 0.6) is 0 Å². The molecule has 0 aliphatic rings. The number of halogens is 2. The first kappa shape index (κ1) is 11.2. The summed E-state index contributed by atoms with van der Waals surface area (Å²) in [6.07, 6.45) is 1.45. The van der Waals surface area contributed by atoms with Crippen LogP contribution in [0.15, 0.2) is 34.9 Å². The maximum absolute atomic E-state index is 6.24. The van der Waals surface area contributed by atoms with Gasteiger partial charge in [-0.25, -0.2) is 4.98 Å². The van der Waals surface area contributed by atoms with Gasteiger partial charge in [0.25, 0.3) is 0 Å². The molecule has 0 N–H and O–H groups in total. The number of hydrogen-bond acceptors (Lipinski definition) is 2. The number of fused-ring (bicyclic) bond motifs is 2. The second-order valence-electron chi connectivity index (χ2n) is 3.21. The Morgan fingerprint density at radius 1 is 1.12 bits per heavy atom. The number of nitrogens with zero attached hydrogens (tertiary/aromatic N) is 1. The zero-order chi connectivity index (χ0) is 10.4. The number of hydrogen-bond donors (Lipinski definition) is 0. The lowest BCUT2D eigenvalue weighted by Crippen LogP contribution is -1.80. The summed E-state index contributed by atoms with van der Waals surface area (Å²) in [7, 11) is 0. The first-order valence-corrected chi connectivity index (χ1v) is 5.14. The number of aromatic nitrogens is 1. The fourth-order valence-corrected chi connectivity index (χ4v) is 2.22. The van der Waals surface area contributed by atoms with Crippen molar-refractivity contribution in [3.05, 3.63) is 40.6 Å². The molecule has 16 heavy (non-hydrogen) atoms. The molecule has 0 atom stereocenters. The van der Waals surface area contributed by atoms with Crippen LogP contribution in [0.3, 0.4) is 0 Å². The van der Waals surface area contributed by atoms with Crippen LogP contribution in [0, 0.1) is 0 Å². The van der Waals surface area contributed by atoms with E-state index in [1.54, 1.807) is 0 Å². The van der Waals surface area contributed by atoms with Crippen molar-refractivity contribution in [2.24, 2.45) is 0 Å². The van der Waals surface area contributed by atoms with Crippen molar-refractivity contribution in [1.82, 2.24) is 4.98 Å². The Bertz CT molecular complexity index is 660. The molecule has 0 unspecified atom stereocenters. The number of para-hydroxylation sites is 1. The molecule has 82 valence electrons. The first-order valence-electron chi connectivity index (χ1n) is 4.38. The third-order valence-electron chi connectivity index (χ3n) is 2.31. The van der Waals surface area contributed by atoms with E-state index < -0.39 is 0 Å². The topological polar surface area (TPSA) is 26.0 Å². The molecule has 0 bridgehead atoms. The molecule has 4 heteroatoms. The Hall–Kier alpha value is -1.25. The predicted octanol–water partition coefficient (Wildman–Crippen LogP) is 4.92. The minimum atomic E-state index is 0. The molecule has 3 aromatic rings. The van der Waals surface area contributed by atoms with Gasteiger partial charge in [-0.1, -0.05) is 48.8 Å². The van der Waals surface area contributed by atoms with Gasteiger partial charge in [-0.15, -0.1) is 0 Å². The van der Waals surface area contributed by atoms with Gasteiger partial charge >= 0.3 is 0 Å². The molecular weight excluding hydrogens is 245 g/mol. The standard InChI is InChI=1S/C11H5Cl2NO.CH4/c12-7-5-15-11-9(7)10(13)6-3-1-2-4-8(6)14-11;/h1-5H;1H4. The zero-order valence-corrected chi connectivity index (χ0v) is 9.01. The Morgan fingerprint density at radius 3 is 2.69 bits per heavy atom. The van der Waals surface area contributed by atoms with E-state index in [4.69, 9.17) is 27.6 Å². The molecule has 0 amide bonds. The van der Waals surface area contributed by atoms with Gasteiger partial charge in [0.15, 0.2) is 0 Å². The molecule has 0 fully saturated rings.